The lowest BCUT2D eigenvalue weighted by Crippen LogP contribution is -2.50. The van der Waals surface area contributed by atoms with Gasteiger partial charge in [0.1, 0.15) is 11.5 Å². The number of carbonyl (C=O) groups excluding carboxylic acids is 3. The molecular weight excluding hydrogens is 389 g/mol. The largest absolute Gasteiger partial charge is 0.339 e. The van der Waals surface area contributed by atoms with Crippen LogP contribution in [0.2, 0.25) is 0 Å². The Morgan fingerprint density at radius 1 is 1.03 bits per heavy atom. The highest BCUT2D eigenvalue weighted by Gasteiger charge is 2.24. The van der Waals surface area contributed by atoms with Crippen LogP contribution in [-0.2, 0) is 16.1 Å². The van der Waals surface area contributed by atoms with E-state index in [4.69, 9.17) is 0 Å². The topological polar surface area (TPSA) is 86.7 Å². The Labute approximate surface area is 174 Å². The molecule has 2 aromatic rings. The highest BCUT2D eigenvalue weighted by molar-refractivity contribution is 5.92. The first-order valence-corrected chi connectivity index (χ1v) is 9.77. The van der Waals surface area contributed by atoms with Gasteiger partial charge in [-0.1, -0.05) is 12.1 Å². The summed E-state index contributed by atoms with van der Waals surface area (Å²) in [5.74, 6) is -0.775. The third kappa shape index (κ3) is 5.59. The minimum atomic E-state index is -0.356. The van der Waals surface area contributed by atoms with Gasteiger partial charge in [0.05, 0.1) is 6.20 Å². The Morgan fingerprint density at radius 3 is 2.30 bits per heavy atom. The summed E-state index contributed by atoms with van der Waals surface area (Å²) in [6.45, 7) is 3.92. The molecule has 0 unspecified atom stereocenters. The molecule has 3 rings (SSSR count). The molecule has 30 heavy (non-hydrogen) atoms. The van der Waals surface area contributed by atoms with E-state index < -0.39 is 0 Å². The Kier molecular flexibility index (Phi) is 7.05. The molecule has 9 heteroatoms. The number of aromatic nitrogens is 2. The van der Waals surface area contributed by atoms with Gasteiger partial charge >= 0.3 is 0 Å². The fraction of sp³-hybridized carbons (Fsp3) is 0.381. The predicted octanol–water partition coefficient (Wildman–Crippen LogP) is 1.34. The van der Waals surface area contributed by atoms with E-state index in [1.165, 1.54) is 42.5 Å². The first-order valence-electron chi connectivity index (χ1n) is 9.77. The SMILES string of the molecule is CC(=O)N1CCN(C(=O)CCN(Cc2ccc(F)cc2)C(=O)c2cnccn2)CC1. The number of halogens is 1. The number of carbonyl (C=O) groups is 3. The van der Waals surface area contributed by atoms with Crippen molar-refractivity contribution < 1.29 is 18.8 Å². The van der Waals surface area contributed by atoms with Crippen molar-refractivity contribution in [2.24, 2.45) is 0 Å². The number of hydrogen-bond donors (Lipinski definition) is 0. The molecule has 1 aromatic heterocycles. The molecule has 0 N–H and O–H groups in total. The molecular formula is C21H24FN5O3. The van der Waals surface area contributed by atoms with Crippen molar-refractivity contribution in [2.75, 3.05) is 32.7 Å². The summed E-state index contributed by atoms with van der Waals surface area (Å²) in [6.07, 6.45) is 4.43. The van der Waals surface area contributed by atoms with Gasteiger partial charge in [-0.2, -0.15) is 0 Å². The van der Waals surface area contributed by atoms with Crippen molar-refractivity contribution in [1.82, 2.24) is 24.7 Å². The van der Waals surface area contributed by atoms with Gasteiger partial charge in [-0.3, -0.25) is 19.4 Å². The zero-order chi connectivity index (χ0) is 21.5. The van der Waals surface area contributed by atoms with E-state index in [1.54, 1.807) is 21.9 Å². The van der Waals surface area contributed by atoms with Gasteiger partial charge in [0.15, 0.2) is 0 Å². The van der Waals surface area contributed by atoms with E-state index in [0.717, 1.165) is 5.56 Å². The summed E-state index contributed by atoms with van der Waals surface area (Å²) in [5, 5.41) is 0. The van der Waals surface area contributed by atoms with Crippen molar-refractivity contribution in [3.63, 3.8) is 0 Å². The first-order chi connectivity index (χ1) is 14.4. The van der Waals surface area contributed by atoms with Gasteiger partial charge in [-0.15, -0.1) is 0 Å². The Morgan fingerprint density at radius 2 is 1.70 bits per heavy atom. The van der Waals surface area contributed by atoms with Crippen LogP contribution in [0.25, 0.3) is 0 Å². The quantitative estimate of drug-likeness (QED) is 0.713. The molecule has 158 valence electrons. The lowest BCUT2D eigenvalue weighted by molar-refractivity contribution is -0.138. The standard InChI is InChI=1S/C21H24FN5O3/c1-16(28)25-10-12-26(13-11-25)20(29)6-9-27(15-17-2-4-18(22)5-3-17)21(30)19-14-23-7-8-24-19/h2-5,7-8,14H,6,9-13,15H2,1H3. The number of hydrogen-bond acceptors (Lipinski definition) is 5. The number of benzene rings is 1. The molecule has 3 amide bonds. The lowest BCUT2D eigenvalue weighted by Gasteiger charge is -2.34. The Hall–Kier alpha value is -3.36. The third-order valence-corrected chi connectivity index (χ3v) is 5.03. The van der Waals surface area contributed by atoms with E-state index in [9.17, 15) is 18.8 Å². The maximum absolute atomic E-state index is 13.2. The molecule has 1 aromatic carbocycles. The van der Waals surface area contributed by atoms with Crippen molar-refractivity contribution in [2.45, 2.75) is 19.9 Å². The highest BCUT2D eigenvalue weighted by atomic mass is 19.1. The number of rotatable bonds is 6. The second-order valence-corrected chi connectivity index (χ2v) is 7.08. The molecule has 2 heterocycles. The van der Waals surface area contributed by atoms with Crippen molar-refractivity contribution >= 4 is 17.7 Å². The van der Waals surface area contributed by atoms with Crippen LogP contribution in [0.3, 0.4) is 0 Å². The second-order valence-electron chi connectivity index (χ2n) is 7.08. The van der Waals surface area contributed by atoms with E-state index in [-0.39, 0.29) is 48.7 Å². The molecule has 8 nitrogen and oxygen atoms in total. The minimum Gasteiger partial charge on any atom is -0.339 e. The summed E-state index contributed by atoms with van der Waals surface area (Å²) in [4.78, 5) is 49.9. The molecule has 1 saturated heterocycles. The van der Waals surface area contributed by atoms with Crippen molar-refractivity contribution in [3.8, 4) is 0 Å². The van der Waals surface area contributed by atoms with Crippen molar-refractivity contribution in [1.29, 1.82) is 0 Å². The van der Waals surface area contributed by atoms with Crippen molar-refractivity contribution in [3.05, 3.63) is 59.9 Å². The van der Waals surface area contributed by atoms with Gasteiger partial charge in [-0.05, 0) is 17.7 Å². The van der Waals surface area contributed by atoms with Crippen LogP contribution < -0.4 is 0 Å². The number of nitrogens with zero attached hydrogens (tertiary/aromatic N) is 5. The predicted molar refractivity (Wildman–Crippen MR) is 107 cm³/mol. The lowest BCUT2D eigenvalue weighted by atomic mass is 10.2. The van der Waals surface area contributed by atoms with Crippen LogP contribution >= 0.6 is 0 Å². The normalized spacial score (nSPS) is 13.8. The third-order valence-electron chi connectivity index (χ3n) is 5.03. The first kappa shape index (κ1) is 21.4. The molecule has 0 radical (unpaired) electrons. The van der Waals surface area contributed by atoms with Crippen LogP contribution in [-0.4, -0.2) is 75.1 Å². The van der Waals surface area contributed by atoms with Crippen LogP contribution in [0.5, 0.6) is 0 Å². The van der Waals surface area contributed by atoms with E-state index in [1.807, 2.05) is 0 Å². The zero-order valence-corrected chi connectivity index (χ0v) is 16.8. The minimum absolute atomic E-state index is 0.00198. The van der Waals surface area contributed by atoms with E-state index in [0.29, 0.717) is 26.2 Å². The van der Waals surface area contributed by atoms with Gasteiger partial charge in [0.2, 0.25) is 11.8 Å². The molecule has 0 bridgehead atoms. The highest BCUT2D eigenvalue weighted by Crippen LogP contribution is 2.12. The molecule has 0 spiro atoms. The zero-order valence-electron chi connectivity index (χ0n) is 16.8. The van der Waals surface area contributed by atoms with E-state index >= 15 is 0 Å². The van der Waals surface area contributed by atoms with Crippen LogP contribution in [0.1, 0.15) is 29.4 Å². The number of piperazine rings is 1. The summed E-state index contributed by atoms with van der Waals surface area (Å²) < 4.78 is 13.2. The summed E-state index contributed by atoms with van der Waals surface area (Å²) in [6, 6.07) is 5.88. The summed E-state index contributed by atoms with van der Waals surface area (Å²) in [7, 11) is 0. The van der Waals surface area contributed by atoms with E-state index in [2.05, 4.69) is 9.97 Å². The molecule has 0 aliphatic carbocycles. The second kappa shape index (κ2) is 9.91. The molecule has 1 aliphatic heterocycles. The van der Waals surface area contributed by atoms with Gasteiger partial charge in [0.25, 0.3) is 5.91 Å². The maximum Gasteiger partial charge on any atom is 0.274 e. The molecule has 1 fully saturated rings. The van der Waals surface area contributed by atoms with Gasteiger partial charge in [0, 0.05) is 65.0 Å². The fourth-order valence-corrected chi connectivity index (χ4v) is 3.29. The molecule has 0 atom stereocenters. The molecule has 1 aliphatic rings. The van der Waals surface area contributed by atoms with Gasteiger partial charge < -0.3 is 14.7 Å². The number of amides is 3. The van der Waals surface area contributed by atoms with Crippen LogP contribution in [0, 0.1) is 5.82 Å². The average molecular weight is 413 g/mol. The Bertz CT molecular complexity index is 883. The van der Waals surface area contributed by atoms with Gasteiger partial charge in [-0.25, -0.2) is 9.37 Å². The van der Waals surface area contributed by atoms with Crippen LogP contribution in [0.15, 0.2) is 42.9 Å². The van der Waals surface area contributed by atoms with Crippen LogP contribution in [0.4, 0.5) is 4.39 Å². The monoisotopic (exact) mass is 413 g/mol. The summed E-state index contributed by atoms with van der Waals surface area (Å²) >= 11 is 0. The average Bonchev–Trinajstić information content (AvgIpc) is 2.78. The summed E-state index contributed by atoms with van der Waals surface area (Å²) in [5.41, 5.74) is 0.929. The molecule has 0 saturated carbocycles. The Balaban J connectivity index is 1.64. The fourth-order valence-electron chi connectivity index (χ4n) is 3.29. The smallest absolute Gasteiger partial charge is 0.274 e. The maximum atomic E-state index is 13.2.